The summed E-state index contributed by atoms with van der Waals surface area (Å²) in [5.74, 6) is 0.0691. The molecule has 0 spiro atoms. The zero-order valence-corrected chi connectivity index (χ0v) is 22.0. The Balaban J connectivity index is 1.56. The highest BCUT2D eigenvalue weighted by Gasteiger charge is 2.38. The average molecular weight is 517 g/mol. The van der Waals surface area contributed by atoms with Crippen LogP contribution in [0.25, 0.3) is 0 Å². The molecular weight excluding hydrogens is 480 g/mol. The van der Waals surface area contributed by atoms with Gasteiger partial charge in [-0.1, -0.05) is 86.3 Å². The number of hydrogen-bond donors (Lipinski definition) is 2. The number of benzene rings is 3. The van der Waals surface area contributed by atoms with Gasteiger partial charge in [0.05, 0.1) is 18.8 Å². The highest BCUT2D eigenvalue weighted by atomic mass is 16.7. The maximum atomic E-state index is 12.0. The summed E-state index contributed by atoms with van der Waals surface area (Å²) in [4.78, 5) is 14.3. The van der Waals surface area contributed by atoms with Crippen LogP contribution in [0.3, 0.4) is 0 Å². The molecular formula is C31H36N2O5. The Kier molecular flexibility index (Phi) is 9.67. The predicted molar refractivity (Wildman–Crippen MR) is 147 cm³/mol. The van der Waals surface area contributed by atoms with Crippen molar-refractivity contribution in [3.63, 3.8) is 0 Å². The summed E-state index contributed by atoms with van der Waals surface area (Å²) < 4.78 is 18.1. The van der Waals surface area contributed by atoms with Crippen molar-refractivity contribution in [2.24, 2.45) is 5.92 Å². The van der Waals surface area contributed by atoms with Crippen molar-refractivity contribution < 1.29 is 24.1 Å². The summed E-state index contributed by atoms with van der Waals surface area (Å²) in [7, 11) is 2.10. The summed E-state index contributed by atoms with van der Waals surface area (Å²) in [6.07, 6.45) is 0.00595. The molecule has 1 aliphatic heterocycles. The molecule has 1 amide bonds. The minimum atomic E-state index is -0.630. The monoisotopic (exact) mass is 516 g/mol. The van der Waals surface area contributed by atoms with Gasteiger partial charge in [-0.15, -0.1) is 0 Å². The lowest BCUT2D eigenvalue weighted by molar-refractivity contribution is -0.276. The molecule has 200 valence electrons. The lowest BCUT2D eigenvalue weighted by Crippen LogP contribution is -2.43. The van der Waals surface area contributed by atoms with Crippen LogP contribution >= 0.6 is 0 Å². The number of nitrogens with zero attached hydrogens (tertiary/aromatic N) is 1. The summed E-state index contributed by atoms with van der Waals surface area (Å²) >= 11 is 0. The number of amides is 1. The molecule has 1 heterocycles. The lowest BCUT2D eigenvalue weighted by Gasteiger charge is -2.42. The largest absolute Gasteiger partial charge is 0.445 e. The van der Waals surface area contributed by atoms with E-state index in [4.69, 9.17) is 14.2 Å². The Bertz CT molecular complexity index is 1180. The molecule has 4 atom stereocenters. The molecule has 1 aliphatic rings. The Hall–Kier alpha value is -3.49. The van der Waals surface area contributed by atoms with E-state index in [0.29, 0.717) is 12.2 Å². The maximum absolute atomic E-state index is 12.0. The molecule has 38 heavy (non-hydrogen) atoms. The summed E-state index contributed by atoms with van der Waals surface area (Å²) in [6.45, 7) is 7.36. The summed E-state index contributed by atoms with van der Waals surface area (Å²) in [5.41, 5.74) is 4.51. The van der Waals surface area contributed by atoms with Crippen molar-refractivity contribution in [3.8, 4) is 0 Å². The SMILES string of the molecule is C=CCOC(=O)Nc1cccc([C@@H]2O[C@H](CN(C)Cc3ccccc3)[C@H](C)[C@H](c3ccc(CO)cc3)O2)c1. The molecule has 4 rings (SSSR count). The molecule has 0 saturated carbocycles. The van der Waals surface area contributed by atoms with Gasteiger partial charge in [0, 0.05) is 30.3 Å². The summed E-state index contributed by atoms with van der Waals surface area (Å²) in [5, 5.41) is 12.2. The minimum absolute atomic E-state index is 0.00494. The van der Waals surface area contributed by atoms with Crippen LogP contribution in [0.1, 0.15) is 41.6 Å². The Morgan fingerprint density at radius 3 is 2.50 bits per heavy atom. The second-order valence-electron chi connectivity index (χ2n) is 9.64. The molecule has 0 aromatic heterocycles. The molecule has 1 saturated heterocycles. The van der Waals surface area contributed by atoms with Gasteiger partial charge in [0.25, 0.3) is 0 Å². The Labute approximate surface area is 224 Å². The first-order valence-corrected chi connectivity index (χ1v) is 12.8. The number of hydrogen-bond acceptors (Lipinski definition) is 6. The van der Waals surface area contributed by atoms with E-state index < -0.39 is 12.4 Å². The van der Waals surface area contributed by atoms with Crippen LogP contribution in [-0.2, 0) is 27.4 Å². The Morgan fingerprint density at radius 2 is 1.79 bits per heavy atom. The van der Waals surface area contributed by atoms with Gasteiger partial charge in [-0.25, -0.2) is 4.79 Å². The smallest absolute Gasteiger partial charge is 0.411 e. The van der Waals surface area contributed by atoms with Crippen molar-refractivity contribution >= 4 is 11.8 Å². The predicted octanol–water partition coefficient (Wildman–Crippen LogP) is 5.84. The number of ether oxygens (including phenoxy) is 3. The average Bonchev–Trinajstić information content (AvgIpc) is 2.93. The second kappa shape index (κ2) is 13.3. The van der Waals surface area contributed by atoms with Gasteiger partial charge in [0.15, 0.2) is 6.29 Å². The quantitative estimate of drug-likeness (QED) is 0.330. The van der Waals surface area contributed by atoms with Crippen molar-refractivity contribution in [1.29, 1.82) is 0 Å². The summed E-state index contributed by atoms with van der Waals surface area (Å²) in [6, 6.07) is 25.6. The van der Waals surface area contributed by atoms with Gasteiger partial charge in [0.1, 0.15) is 6.61 Å². The lowest BCUT2D eigenvalue weighted by atomic mass is 9.90. The van der Waals surface area contributed by atoms with Crippen LogP contribution in [-0.4, -0.2) is 42.4 Å². The minimum Gasteiger partial charge on any atom is -0.445 e. The van der Waals surface area contributed by atoms with Gasteiger partial charge >= 0.3 is 6.09 Å². The van der Waals surface area contributed by atoms with Crippen LogP contribution in [0.5, 0.6) is 0 Å². The highest BCUT2D eigenvalue weighted by Crippen LogP contribution is 2.42. The fraction of sp³-hybridized carbons (Fsp3) is 0.323. The van der Waals surface area contributed by atoms with Crippen LogP contribution < -0.4 is 5.32 Å². The van der Waals surface area contributed by atoms with Crippen LogP contribution in [0, 0.1) is 5.92 Å². The van der Waals surface area contributed by atoms with Crippen LogP contribution in [0.2, 0.25) is 0 Å². The number of aliphatic hydroxyl groups excluding tert-OH is 1. The van der Waals surface area contributed by atoms with Gasteiger partial charge in [0.2, 0.25) is 0 Å². The van der Waals surface area contributed by atoms with E-state index in [0.717, 1.165) is 23.2 Å². The fourth-order valence-electron chi connectivity index (χ4n) is 4.65. The standard InChI is InChI=1S/C31H36N2O5/c1-4-17-36-31(35)32-27-12-8-11-26(18-27)30-37-28(20-33(3)19-23-9-6-5-7-10-23)22(2)29(38-30)25-15-13-24(21-34)14-16-25/h4-16,18,22,28-30,34H,1,17,19-21H2,2-3H3,(H,32,35)/t22-,28+,29+,30+/m0/s1. The van der Waals surface area contributed by atoms with E-state index in [1.54, 1.807) is 6.07 Å². The van der Waals surface area contributed by atoms with E-state index in [9.17, 15) is 9.90 Å². The maximum Gasteiger partial charge on any atom is 0.411 e. The first kappa shape index (κ1) is 27.5. The number of nitrogens with one attached hydrogen (secondary N) is 1. The highest BCUT2D eigenvalue weighted by molar-refractivity contribution is 5.84. The van der Waals surface area contributed by atoms with Crippen LogP contribution in [0.15, 0.2) is 91.5 Å². The third-order valence-corrected chi connectivity index (χ3v) is 6.65. The first-order valence-electron chi connectivity index (χ1n) is 12.8. The molecule has 0 bridgehead atoms. The molecule has 3 aromatic carbocycles. The molecule has 0 unspecified atom stereocenters. The number of carbonyl (C=O) groups excluding carboxylic acids is 1. The normalized spacial score (nSPS) is 21.2. The van der Waals surface area contributed by atoms with Crippen molar-refractivity contribution in [3.05, 3.63) is 114 Å². The zero-order chi connectivity index (χ0) is 26.9. The van der Waals surface area contributed by atoms with E-state index in [1.807, 2.05) is 60.7 Å². The van der Waals surface area contributed by atoms with E-state index in [2.05, 4.69) is 42.9 Å². The first-order chi connectivity index (χ1) is 18.5. The van der Waals surface area contributed by atoms with E-state index in [1.165, 1.54) is 11.6 Å². The molecule has 3 aromatic rings. The molecule has 0 aliphatic carbocycles. The van der Waals surface area contributed by atoms with Crippen molar-refractivity contribution in [2.75, 3.05) is 25.5 Å². The van der Waals surface area contributed by atoms with Crippen molar-refractivity contribution in [1.82, 2.24) is 4.90 Å². The number of aliphatic hydroxyl groups is 1. The number of anilines is 1. The molecule has 0 radical (unpaired) electrons. The molecule has 7 heteroatoms. The molecule has 2 N–H and O–H groups in total. The number of rotatable bonds is 10. The van der Waals surface area contributed by atoms with E-state index >= 15 is 0 Å². The van der Waals surface area contributed by atoms with Gasteiger partial charge < -0.3 is 19.3 Å². The van der Waals surface area contributed by atoms with Gasteiger partial charge in [-0.05, 0) is 35.9 Å². The van der Waals surface area contributed by atoms with Gasteiger partial charge in [-0.2, -0.15) is 0 Å². The topological polar surface area (TPSA) is 80.3 Å². The number of likely N-dealkylation sites (N-methyl/N-ethyl adjacent to an activating group) is 1. The van der Waals surface area contributed by atoms with E-state index in [-0.39, 0.29) is 31.3 Å². The van der Waals surface area contributed by atoms with Gasteiger partial charge in [-0.3, -0.25) is 10.2 Å². The van der Waals surface area contributed by atoms with Crippen molar-refractivity contribution in [2.45, 2.75) is 38.6 Å². The fourth-order valence-corrected chi connectivity index (χ4v) is 4.65. The van der Waals surface area contributed by atoms with Crippen LogP contribution in [0.4, 0.5) is 10.5 Å². The molecule has 1 fully saturated rings. The zero-order valence-electron chi connectivity index (χ0n) is 22.0. The third kappa shape index (κ3) is 7.30. The third-order valence-electron chi connectivity index (χ3n) is 6.65. The number of carbonyl (C=O) groups is 1. The Morgan fingerprint density at radius 1 is 1.03 bits per heavy atom. The second-order valence-corrected chi connectivity index (χ2v) is 9.64. The molecule has 7 nitrogen and oxygen atoms in total.